The normalized spacial score (nSPS) is 16.7. The van der Waals surface area contributed by atoms with Gasteiger partial charge in [-0.15, -0.1) is 11.3 Å². The lowest BCUT2D eigenvalue weighted by atomic mass is 10.1. The molecule has 1 aliphatic rings. The highest BCUT2D eigenvalue weighted by atomic mass is 32.1. The molecule has 0 spiro atoms. The number of thiazole rings is 1. The molecule has 0 atom stereocenters. The first kappa shape index (κ1) is 11.9. The van der Waals surface area contributed by atoms with Crippen molar-refractivity contribution in [2.75, 3.05) is 6.54 Å². The van der Waals surface area contributed by atoms with Gasteiger partial charge in [-0.2, -0.15) is 0 Å². The summed E-state index contributed by atoms with van der Waals surface area (Å²) in [6.45, 7) is 5.33. The zero-order valence-corrected chi connectivity index (χ0v) is 11.8. The van der Waals surface area contributed by atoms with Gasteiger partial charge in [0.2, 0.25) is 0 Å². The van der Waals surface area contributed by atoms with Gasteiger partial charge in [-0.25, -0.2) is 4.98 Å². The first-order valence-corrected chi connectivity index (χ1v) is 7.51. The highest BCUT2D eigenvalue weighted by molar-refractivity contribution is 7.15. The molecule has 18 heavy (non-hydrogen) atoms. The van der Waals surface area contributed by atoms with E-state index >= 15 is 0 Å². The van der Waals surface area contributed by atoms with Crippen LogP contribution in [-0.2, 0) is 0 Å². The Hall–Kier alpha value is -1.13. The fraction of sp³-hybridized carbons (Fsp3) is 0.500. The van der Waals surface area contributed by atoms with E-state index in [1.165, 1.54) is 24.1 Å². The highest BCUT2D eigenvalue weighted by Crippen LogP contribution is 2.22. The topological polar surface area (TPSA) is 29.3 Å². The molecule has 0 amide bonds. The number of rotatable bonds is 5. The van der Waals surface area contributed by atoms with Gasteiger partial charge in [0.1, 0.15) is 0 Å². The molecule has 1 N–H and O–H groups in total. The second-order valence-corrected chi connectivity index (χ2v) is 5.82. The maximum Gasteiger partial charge on any atom is 0.194 e. The van der Waals surface area contributed by atoms with Crippen LogP contribution >= 0.6 is 11.3 Å². The zero-order valence-electron chi connectivity index (χ0n) is 10.9. The number of hydrogen-bond acceptors (Lipinski definition) is 3. The standard InChI is InChI=1S/C14H19N3S/c1-3-11(9-15-12-4-5-12)8-13-10(2)16-14-17(13)6-7-18-14/h6-8,12,15H,3-5,9H2,1-2H3. The van der Waals surface area contributed by atoms with Crippen LogP contribution < -0.4 is 5.32 Å². The lowest BCUT2D eigenvalue weighted by Gasteiger charge is -2.06. The van der Waals surface area contributed by atoms with E-state index in [9.17, 15) is 0 Å². The molecule has 1 fully saturated rings. The van der Waals surface area contributed by atoms with E-state index in [1.807, 2.05) is 0 Å². The van der Waals surface area contributed by atoms with E-state index in [0.29, 0.717) is 0 Å². The fourth-order valence-electron chi connectivity index (χ4n) is 2.12. The van der Waals surface area contributed by atoms with Gasteiger partial charge in [0.15, 0.2) is 4.96 Å². The Balaban J connectivity index is 1.86. The summed E-state index contributed by atoms with van der Waals surface area (Å²) in [6, 6.07) is 0.771. The molecule has 3 rings (SSSR count). The quantitative estimate of drug-likeness (QED) is 0.895. The van der Waals surface area contributed by atoms with Crippen LogP contribution in [0.4, 0.5) is 0 Å². The molecule has 3 nitrogen and oxygen atoms in total. The maximum absolute atomic E-state index is 4.58. The maximum atomic E-state index is 4.58. The summed E-state index contributed by atoms with van der Waals surface area (Å²) < 4.78 is 2.19. The molecule has 0 radical (unpaired) electrons. The molecule has 2 aromatic rings. The number of aromatic nitrogens is 2. The predicted molar refractivity (Wildman–Crippen MR) is 77.1 cm³/mol. The summed E-state index contributed by atoms with van der Waals surface area (Å²) in [5, 5.41) is 5.68. The Bertz CT molecular complexity index is 575. The van der Waals surface area contributed by atoms with Crippen molar-refractivity contribution in [1.82, 2.24) is 14.7 Å². The predicted octanol–water partition coefficient (Wildman–Crippen LogP) is 3.25. The molecule has 0 saturated heterocycles. The summed E-state index contributed by atoms with van der Waals surface area (Å²) in [5.41, 5.74) is 3.82. The van der Waals surface area contributed by atoms with Crippen LogP contribution in [0.25, 0.3) is 11.0 Å². The van der Waals surface area contributed by atoms with Crippen molar-refractivity contribution < 1.29 is 0 Å². The van der Waals surface area contributed by atoms with Gasteiger partial charge < -0.3 is 5.32 Å². The molecule has 1 aliphatic carbocycles. The van der Waals surface area contributed by atoms with E-state index < -0.39 is 0 Å². The smallest absolute Gasteiger partial charge is 0.194 e. The average molecular weight is 261 g/mol. The summed E-state index contributed by atoms with van der Waals surface area (Å²) in [4.78, 5) is 5.67. The minimum Gasteiger partial charge on any atom is -0.310 e. The van der Waals surface area contributed by atoms with Crippen molar-refractivity contribution >= 4 is 22.4 Å². The first-order chi connectivity index (χ1) is 8.78. The van der Waals surface area contributed by atoms with Gasteiger partial charge in [-0.1, -0.05) is 12.5 Å². The number of fused-ring (bicyclic) bond motifs is 1. The number of nitrogens with zero attached hydrogens (tertiary/aromatic N) is 2. The van der Waals surface area contributed by atoms with Gasteiger partial charge >= 0.3 is 0 Å². The van der Waals surface area contributed by atoms with E-state index in [4.69, 9.17) is 0 Å². The van der Waals surface area contributed by atoms with Crippen LogP contribution in [0.5, 0.6) is 0 Å². The molecule has 0 bridgehead atoms. The second kappa shape index (κ2) is 4.86. The Morgan fingerprint density at radius 1 is 1.61 bits per heavy atom. The van der Waals surface area contributed by atoms with Crippen LogP contribution in [0.3, 0.4) is 0 Å². The van der Waals surface area contributed by atoms with E-state index in [1.54, 1.807) is 11.3 Å². The van der Waals surface area contributed by atoms with Crippen LogP contribution in [0, 0.1) is 6.92 Å². The second-order valence-electron chi connectivity index (χ2n) is 4.95. The van der Waals surface area contributed by atoms with Gasteiger partial charge in [-0.3, -0.25) is 4.40 Å². The highest BCUT2D eigenvalue weighted by Gasteiger charge is 2.20. The summed E-state index contributed by atoms with van der Waals surface area (Å²) >= 11 is 1.69. The molecule has 4 heteroatoms. The largest absolute Gasteiger partial charge is 0.310 e. The van der Waals surface area contributed by atoms with Gasteiger partial charge in [0.05, 0.1) is 11.4 Å². The van der Waals surface area contributed by atoms with Crippen LogP contribution in [0.1, 0.15) is 37.6 Å². The zero-order chi connectivity index (χ0) is 12.5. The summed E-state index contributed by atoms with van der Waals surface area (Å²) in [6.07, 6.45) is 8.19. The average Bonchev–Trinajstić information content (AvgIpc) is 3.01. The fourth-order valence-corrected chi connectivity index (χ4v) is 2.89. The van der Waals surface area contributed by atoms with E-state index in [-0.39, 0.29) is 0 Å². The van der Waals surface area contributed by atoms with Gasteiger partial charge in [0, 0.05) is 24.2 Å². The number of nitrogens with one attached hydrogen (secondary N) is 1. The number of aryl methyl sites for hydroxylation is 1. The van der Waals surface area contributed by atoms with Gasteiger partial charge in [0.25, 0.3) is 0 Å². The molecule has 0 unspecified atom stereocenters. The van der Waals surface area contributed by atoms with Gasteiger partial charge in [-0.05, 0) is 32.3 Å². The molecule has 0 aromatic carbocycles. The molecule has 0 aliphatic heterocycles. The van der Waals surface area contributed by atoms with Crippen molar-refractivity contribution in [1.29, 1.82) is 0 Å². The monoisotopic (exact) mass is 261 g/mol. The SMILES string of the molecule is CCC(=Cc1c(C)nc2sccn12)CNC1CC1. The Morgan fingerprint density at radius 2 is 2.44 bits per heavy atom. The first-order valence-electron chi connectivity index (χ1n) is 6.63. The molecular weight excluding hydrogens is 242 g/mol. The molecule has 2 aromatic heterocycles. The lowest BCUT2D eigenvalue weighted by molar-refractivity contribution is 0.722. The Kier molecular flexibility index (Phi) is 3.22. The Morgan fingerprint density at radius 3 is 3.17 bits per heavy atom. The third kappa shape index (κ3) is 2.35. The van der Waals surface area contributed by atoms with Crippen molar-refractivity contribution in [3.05, 3.63) is 28.5 Å². The Labute approximate surface area is 112 Å². The molecule has 1 saturated carbocycles. The van der Waals surface area contributed by atoms with E-state index in [0.717, 1.165) is 29.7 Å². The van der Waals surface area contributed by atoms with Crippen molar-refractivity contribution in [3.63, 3.8) is 0 Å². The minimum atomic E-state index is 0.771. The van der Waals surface area contributed by atoms with E-state index in [2.05, 4.69) is 46.2 Å². The molecule has 96 valence electrons. The molecular formula is C14H19N3S. The van der Waals surface area contributed by atoms with Crippen molar-refractivity contribution in [2.24, 2.45) is 0 Å². The third-order valence-electron chi connectivity index (χ3n) is 3.47. The summed E-state index contributed by atoms with van der Waals surface area (Å²) in [7, 11) is 0. The minimum absolute atomic E-state index is 0.771. The van der Waals surface area contributed by atoms with Crippen LogP contribution in [-0.4, -0.2) is 22.0 Å². The van der Waals surface area contributed by atoms with Crippen LogP contribution in [0.15, 0.2) is 17.2 Å². The van der Waals surface area contributed by atoms with Crippen molar-refractivity contribution in [2.45, 2.75) is 39.2 Å². The summed E-state index contributed by atoms with van der Waals surface area (Å²) in [5.74, 6) is 0. The number of imidazole rings is 1. The molecule has 2 heterocycles. The third-order valence-corrected chi connectivity index (χ3v) is 4.23. The number of hydrogen-bond donors (Lipinski definition) is 1. The van der Waals surface area contributed by atoms with Crippen LogP contribution in [0.2, 0.25) is 0 Å². The van der Waals surface area contributed by atoms with Crippen molar-refractivity contribution in [3.8, 4) is 0 Å². The lowest BCUT2D eigenvalue weighted by Crippen LogP contribution is -2.19.